The number of amides is 2. The van der Waals surface area contributed by atoms with Crippen molar-refractivity contribution in [3.63, 3.8) is 0 Å². The van der Waals surface area contributed by atoms with Crippen LogP contribution in [0, 0.1) is 0 Å². The number of fused-ring (bicyclic) bond motifs is 1. The van der Waals surface area contributed by atoms with E-state index in [2.05, 4.69) is 10.4 Å². The highest BCUT2D eigenvalue weighted by Crippen LogP contribution is 2.28. The molecule has 1 N–H and O–H groups in total. The number of carbonyl (C=O) groups excluding carboxylic acids is 2. The first-order chi connectivity index (χ1) is 12.1. The summed E-state index contributed by atoms with van der Waals surface area (Å²) in [6.45, 7) is 0.619. The number of hydrogen-bond donors (Lipinski definition) is 1. The number of anilines is 1. The molecule has 1 fully saturated rings. The lowest BCUT2D eigenvalue weighted by atomic mass is 10.0. The predicted octanol–water partition coefficient (Wildman–Crippen LogP) is 1.04. The molecule has 2 aliphatic rings. The van der Waals surface area contributed by atoms with Crippen molar-refractivity contribution in [1.29, 1.82) is 0 Å². The number of rotatable bonds is 3. The third-order valence-corrected chi connectivity index (χ3v) is 4.67. The van der Waals surface area contributed by atoms with Crippen molar-refractivity contribution in [2.75, 3.05) is 11.4 Å². The van der Waals surface area contributed by atoms with E-state index >= 15 is 0 Å². The maximum Gasteiger partial charge on any atom is 0.262 e. The van der Waals surface area contributed by atoms with E-state index in [-0.39, 0.29) is 11.8 Å². The number of piperidine rings is 1. The first-order valence-electron chi connectivity index (χ1n) is 8.48. The van der Waals surface area contributed by atoms with Gasteiger partial charge in [-0.05, 0) is 24.5 Å². The fraction of sp³-hybridized carbons (Fsp3) is 0.389. The van der Waals surface area contributed by atoms with Crippen molar-refractivity contribution in [2.24, 2.45) is 7.05 Å². The molecule has 2 aromatic rings. The summed E-state index contributed by atoms with van der Waals surface area (Å²) in [5, 5.41) is 7.15. The zero-order valence-corrected chi connectivity index (χ0v) is 14.0. The molecule has 0 radical (unpaired) electrons. The lowest BCUT2D eigenvalue weighted by Gasteiger charge is -2.31. The fourth-order valence-electron chi connectivity index (χ4n) is 3.38. The number of benzene rings is 1. The Balaban J connectivity index is 1.42. The lowest BCUT2D eigenvalue weighted by Crippen LogP contribution is -2.54. The molecule has 4 rings (SSSR count). The molecule has 1 saturated heterocycles. The summed E-state index contributed by atoms with van der Waals surface area (Å²) in [4.78, 5) is 26.9. The SMILES string of the molecule is Cn1ccc(N2CCC[C@@H](NC(=O)[C@H]3Cc4ccccc4O3)C2=O)n1. The molecular formula is C18H20N4O3. The third-order valence-electron chi connectivity index (χ3n) is 4.67. The smallest absolute Gasteiger partial charge is 0.262 e. The van der Waals surface area contributed by atoms with Crippen LogP contribution in [0.25, 0.3) is 0 Å². The summed E-state index contributed by atoms with van der Waals surface area (Å²) in [7, 11) is 1.81. The van der Waals surface area contributed by atoms with Gasteiger partial charge in [0.15, 0.2) is 11.9 Å². The topological polar surface area (TPSA) is 76.5 Å². The zero-order chi connectivity index (χ0) is 17.4. The van der Waals surface area contributed by atoms with Gasteiger partial charge in [-0.1, -0.05) is 18.2 Å². The Morgan fingerprint density at radius 2 is 2.16 bits per heavy atom. The van der Waals surface area contributed by atoms with Crippen molar-refractivity contribution in [3.05, 3.63) is 42.1 Å². The predicted molar refractivity (Wildman–Crippen MR) is 91.3 cm³/mol. The normalized spacial score (nSPS) is 22.4. The van der Waals surface area contributed by atoms with Crippen LogP contribution in [-0.4, -0.2) is 40.3 Å². The van der Waals surface area contributed by atoms with Crippen molar-refractivity contribution >= 4 is 17.6 Å². The Morgan fingerprint density at radius 1 is 1.32 bits per heavy atom. The monoisotopic (exact) mass is 340 g/mol. The van der Waals surface area contributed by atoms with Crippen LogP contribution in [0.5, 0.6) is 5.75 Å². The zero-order valence-electron chi connectivity index (χ0n) is 14.0. The Hall–Kier alpha value is -2.83. The standard InChI is InChI=1S/C18H20N4O3/c1-21-10-8-16(20-21)22-9-4-6-13(18(22)24)19-17(23)15-11-12-5-2-3-7-14(12)25-15/h2-3,5,7-8,10,13,15H,4,6,9,11H2,1H3,(H,19,23)/t13-,15-/m1/s1. The Morgan fingerprint density at radius 3 is 2.92 bits per heavy atom. The molecule has 2 aliphatic heterocycles. The second kappa shape index (κ2) is 6.23. The van der Waals surface area contributed by atoms with Crippen molar-refractivity contribution < 1.29 is 14.3 Å². The molecule has 3 heterocycles. The van der Waals surface area contributed by atoms with E-state index in [0.717, 1.165) is 17.7 Å². The van der Waals surface area contributed by atoms with E-state index in [4.69, 9.17) is 4.74 Å². The highest BCUT2D eigenvalue weighted by molar-refractivity contribution is 5.99. The van der Waals surface area contributed by atoms with Gasteiger partial charge in [-0.25, -0.2) is 0 Å². The minimum atomic E-state index is -0.574. The number of nitrogens with zero attached hydrogens (tertiary/aromatic N) is 3. The quantitative estimate of drug-likeness (QED) is 0.906. The molecule has 2 atom stereocenters. The number of nitrogens with one attached hydrogen (secondary N) is 1. The van der Waals surface area contributed by atoms with Crippen LogP contribution in [0.15, 0.2) is 36.5 Å². The van der Waals surface area contributed by atoms with Gasteiger partial charge >= 0.3 is 0 Å². The lowest BCUT2D eigenvalue weighted by molar-refractivity contribution is -0.132. The van der Waals surface area contributed by atoms with Gasteiger partial charge in [0.05, 0.1) is 0 Å². The minimum Gasteiger partial charge on any atom is -0.480 e. The molecule has 25 heavy (non-hydrogen) atoms. The van der Waals surface area contributed by atoms with Gasteiger partial charge in [0, 0.05) is 32.3 Å². The van der Waals surface area contributed by atoms with Crippen LogP contribution < -0.4 is 15.0 Å². The molecule has 1 aromatic heterocycles. The number of ether oxygens (including phenoxy) is 1. The van der Waals surface area contributed by atoms with Gasteiger partial charge < -0.3 is 10.1 Å². The van der Waals surface area contributed by atoms with E-state index in [1.165, 1.54) is 0 Å². The maximum atomic E-state index is 12.7. The highest BCUT2D eigenvalue weighted by Gasteiger charge is 2.35. The van der Waals surface area contributed by atoms with Crippen molar-refractivity contribution in [2.45, 2.75) is 31.4 Å². The second-order valence-electron chi connectivity index (χ2n) is 6.46. The van der Waals surface area contributed by atoms with Gasteiger partial charge in [0.1, 0.15) is 11.8 Å². The minimum absolute atomic E-state index is 0.117. The first kappa shape index (κ1) is 15.7. The van der Waals surface area contributed by atoms with Crippen LogP contribution in [0.2, 0.25) is 0 Å². The van der Waals surface area contributed by atoms with E-state index in [1.54, 1.807) is 21.8 Å². The van der Waals surface area contributed by atoms with Gasteiger partial charge in [-0.3, -0.25) is 19.2 Å². The third kappa shape index (κ3) is 2.97. The van der Waals surface area contributed by atoms with Crippen molar-refractivity contribution in [1.82, 2.24) is 15.1 Å². The molecule has 7 heteroatoms. The largest absolute Gasteiger partial charge is 0.480 e. The highest BCUT2D eigenvalue weighted by atomic mass is 16.5. The van der Waals surface area contributed by atoms with E-state index in [9.17, 15) is 9.59 Å². The van der Waals surface area contributed by atoms with Crippen molar-refractivity contribution in [3.8, 4) is 5.75 Å². The molecule has 0 unspecified atom stereocenters. The van der Waals surface area contributed by atoms with Gasteiger partial charge in [0.25, 0.3) is 11.8 Å². The molecule has 0 saturated carbocycles. The second-order valence-corrected chi connectivity index (χ2v) is 6.46. The maximum absolute atomic E-state index is 12.7. The number of carbonyl (C=O) groups is 2. The number of aryl methyl sites for hydroxylation is 1. The summed E-state index contributed by atoms with van der Waals surface area (Å²) in [6, 6.07) is 8.90. The Bertz CT molecular complexity index is 791. The molecule has 7 nitrogen and oxygen atoms in total. The average Bonchev–Trinajstić information content (AvgIpc) is 3.23. The van der Waals surface area contributed by atoms with Crippen LogP contribution in [-0.2, 0) is 23.1 Å². The summed E-state index contributed by atoms with van der Waals surface area (Å²) < 4.78 is 7.37. The molecule has 1 aromatic carbocycles. The van der Waals surface area contributed by atoms with E-state index in [1.807, 2.05) is 31.3 Å². The summed E-state index contributed by atoms with van der Waals surface area (Å²) in [6.07, 6.45) is 3.21. The fourth-order valence-corrected chi connectivity index (χ4v) is 3.38. The summed E-state index contributed by atoms with van der Waals surface area (Å²) >= 11 is 0. The molecule has 2 amide bonds. The van der Waals surface area contributed by atoms with Gasteiger partial charge in [-0.15, -0.1) is 0 Å². The Kier molecular flexibility index (Phi) is 3.91. The number of hydrogen-bond acceptors (Lipinski definition) is 4. The number of para-hydroxylation sites is 1. The average molecular weight is 340 g/mol. The van der Waals surface area contributed by atoms with E-state index in [0.29, 0.717) is 25.2 Å². The first-order valence-corrected chi connectivity index (χ1v) is 8.48. The van der Waals surface area contributed by atoms with Crippen LogP contribution >= 0.6 is 0 Å². The van der Waals surface area contributed by atoms with Crippen LogP contribution in [0.3, 0.4) is 0 Å². The van der Waals surface area contributed by atoms with Crippen LogP contribution in [0.1, 0.15) is 18.4 Å². The van der Waals surface area contributed by atoms with E-state index < -0.39 is 12.1 Å². The molecular weight excluding hydrogens is 320 g/mol. The molecule has 0 bridgehead atoms. The number of aromatic nitrogens is 2. The molecule has 0 aliphatic carbocycles. The van der Waals surface area contributed by atoms with Gasteiger partial charge in [-0.2, -0.15) is 5.10 Å². The van der Waals surface area contributed by atoms with Crippen LogP contribution in [0.4, 0.5) is 5.82 Å². The molecule has 130 valence electrons. The molecule has 0 spiro atoms. The van der Waals surface area contributed by atoms with Gasteiger partial charge in [0.2, 0.25) is 0 Å². The Labute approximate surface area is 145 Å². The summed E-state index contributed by atoms with van der Waals surface area (Å²) in [5.74, 6) is 1.01. The summed E-state index contributed by atoms with van der Waals surface area (Å²) in [5.41, 5.74) is 1.02.